The summed E-state index contributed by atoms with van der Waals surface area (Å²) >= 11 is 1.75. The van der Waals surface area contributed by atoms with E-state index in [-0.39, 0.29) is 0 Å². The molecule has 0 aliphatic carbocycles. The van der Waals surface area contributed by atoms with E-state index in [1.165, 1.54) is 5.56 Å². The molecule has 9 heavy (non-hydrogen) atoms. The average Bonchev–Trinajstić information content (AvgIpc) is 2.34. The zero-order valence-electron chi connectivity index (χ0n) is 5.34. The summed E-state index contributed by atoms with van der Waals surface area (Å²) in [6.07, 6.45) is 3.05. The van der Waals surface area contributed by atoms with Crippen LogP contribution >= 0.6 is 11.3 Å². The predicted octanol–water partition coefficient (Wildman–Crippen LogP) is 2.78. The first-order chi connectivity index (χ1) is 4.43. The minimum absolute atomic E-state index is 0.801. The third-order valence-corrected chi connectivity index (χ3v) is 1.98. The molecular formula is C8H10S. The summed E-state index contributed by atoms with van der Waals surface area (Å²) in [5.74, 6) is 0. The Labute approximate surface area is 60.5 Å². The standard InChI is InChI=1S/C8H10S/c1-2-3-4-8-5-6-9-7-8/h1,5-7H,2-4H2. The van der Waals surface area contributed by atoms with Gasteiger partial charge in [-0.2, -0.15) is 11.3 Å². The van der Waals surface area contributed by atoms with Crippen LogP contribution in [0.5, 0.6) is 0 Å². The maximum atomic E-state index is 5.35. The van der Waals surface area contributed by atoms with Crippen LogP contribution in [0.1, 0.15) is 18.4 Å². The van der Waals surface area contributed by atoms with Gasteiger partial charge >= 0.3 is 0 Å². The summed E-state index contributed by atoms with van der Waals surface area (Å²) in [4.78, 5) is 0. The lowest BCUT2D eigenvalue weighted by atomic mass is 10.2. The van der Waals surface area contributed by atoms with Crippen LogP contribution in [0.2, 0.25) is 0 Å². The number of unbranched alkanes of at least 4 members (excludes halogenated alkanes) is 1. The summed E-state index contributed by atoms with van der Waals surface area (Å²) in [5.41, 5.74) is 1.42. The van der Waals surface area contributed by atoms with Gasteiger partial charge < -0.3 is 0 Å². The predicted molar refractivity (Wildman–Crippen MR) is 41.6 cm³/mol. The van der Waals surface area contributed by atoms with Crippen molar-refractivity contribution >= 4 is 11.3 Å². The molecule has 0 nitrogen and oxygen atoms in total. The van der Waals surface area contributed by atoms with Crippen LogP contribution in [-0.4, -0.2) is 0 Å². The Hall–Kier alpha value is -0.300. The highest BCUT2D eigenvalue weighted by Gasteiger charge is 1.89. The van der Waals surface area contributed by atoms with Crippen molar-refractivity contribution in [3.8, 4) is 0 Å². The molecule has 1 aromatic heterocycles. The van der Waals surface area contributed by atoms with Gasteiger partial charge in [-0.25, -0.2) is 0 Å². The van der Waals surface area contributed by atoms with Gasteiger partial charge in [-0.15, -0.1) is 0 Å². The first kappa shape index (κ1) is 6.81. The number of hydrogen-bond donors (Lipinski definition) is 0. The van der Waals surface area contributed by atoms with Crippen molar-refractivity contribution in [3.63, 3.8) is 0 Å². The number of rotatable bonds is 3. The average molecular weight is 138 g/mol. The van der Waals surface area contributed by atoms with E-state index in [0.717, 1.165) is 19.3 Å². The van der Waals surface area contributed by atoms with Crippen molar-refractivity contribution in [2.45, 2.75) is 19.3 Å². The van der Waals surface area contributed by atoms with Crippen molar-refractivity contribution < 1.29 is 0 Å². The molecule has 0 bridgehead atoms. The van der Waals surface area contributed by atoms with E-state index in [9.17, 15) is 0 Å². The van der Waals surface area contributed by atoms with E-state index in [2.05, 4.69) is 16.8 Å². The van der Waals surface area contributed by atoms with Crippen molar-refractivity contribution in [2.75, 3.05) is 0 Å². The van der Waals surface area contributed by atoms with Gasteiger partial charge in [0.05, 0.1) is 0 Å². The molecule has 1 aromatic rings. The Bertz CT molecular complexity index is 142. The molecule has 1 rings (SSSR count). The molecule has 0 saturated carbocycles. The van der Waals surface area contributed by atoms with Crippen molar-refractivity contribution in [1.82, 2.24) is 0 Å². The second kappa shape index (κ2) is 3.67. The minimum atomic E-state index is 0.801. The Morgan fingerprint density at radius 2 is 2.44 bits per heavy atom. The second-order valence-corrected chi connectivity index (χ2v) is 2.80. The molecule has 0 aliphatic heterocycles. The first-order valence-corrected chi connectivity index (χ1v) is 4.09. The fraction of sp³-hybridized carbons (Fsp3) is 0.375. The molecule has 0 aromatic carbocycles. The zero-order valence-corrected chi connectivity index (χ0v) is 6.16. The first-order valence-electron chi connectivity index (χ1n) is 3.14. The van der Waals surface area contributed by atoms with Crippen LogP contribution in [0, 0.1) is 6.92 Å². The summed E-state index contributed by atoms with van der Waals surface area (Å²) in [7, 11) is 0. The molecule has 0 spiro atoms. The normalized spacial score (nSPS) is 9.89. The fourth-order valence-electron chi connectivity index (χ4n) is 0.741. The van der Waals surface area contributed by atoms with E-state index in [1.54, 1.807) is 11.3 Å². The van der Waals surface area contributed by atoms with Gasteiger partial charge in [0.1, 0.15) is 0 Å². The van der Waals surface area contributed by atoms with E-state index < -0.39 is 0 Å². The summed E-state index contributed by atoms with van der Waals surface area (Å²) in [6.45, 7) is 5.35. The third kappa shape index (κ3) is 2.19. The molecule has 1 heteroatoms. The topological polar surface area (TPSA) is 0 Å². The molecule has 0 N–H and O–H groups in total. The van der Waals surface area contributed by atoms with Crippen LogP contribution in [0.25, 0.3) is 0 Å². The highest BCUT2D eigenvalue weighted by atomic mass is 32.1. The monoisotopic (exact) mass is 138 g/mol. The van der Waals surface area contributed by atoms with Crippen molar-refractivity contribution in [1.29, 1.82) is 0 Å². The lowest BCUT2D eigenvalue weighted by Gasteiger charge is -1.90. The Balaban J connectivity index is 2.30. The molecule has 1 heterocycles. The van der Waals surface area contributed by atoms with Crippen molar-refractivity contribution in [3.05, 3.63) is 29.3 Å². The Kier molecular flexibility index (Phi) is 2.78. The van der Waals surface area contributed by atoms with Crippen LogP contribution in [-0.2, 0) is 6.42 Å². The van der Waals surface area contributed by atoms with E-state index >= 15 is 0 Å². The number of hydrogen-bond acceptors (Lipinski definition) is 1. The summed E-state index contributed by atoms with van der Waals surface area (Å²) < 4.78 is 0. The molecule has 0 saturated heterocycles. The van der Waals surface area contributed by atoms with Gasteiger partial charge in [0.25, 0.3) is 0 Å². The smallest absolute Gasteiger partial charge is 0.00613 e. The molecule has 0 fully saturated rings. The quantitative estimate of drug-likeness (QED) is 0.602. The van der Waals surface area contributed by atoms with Crippen LogP contribution in [0.3, 0.4) is 0 Å². The van der Waals surface area contributed by atoms with E-state index in [0.29, 0.717) is 0 Å². The third-order valence-electron chi connectivity index (χ3n) is 1.25. The van der Waals surface area contributed by atoms with Gasteiger partial charge in [0.2, 0.25) is 0 Å². The molecule has 2 radical (unpaired) electrons. The van der Waals surface area contributed by atoms with Crippen LogP contribution in [0.4, 0.5) is 0 Å². The molecule has 0 aliphatic rings. The van der Waals surface area contributed by atoms with Gasteiger partial charge in [0.15, 0.2) is 0 Å². The molecule has 0 atom stereocenters. The Morgan fingerprint density at radius 1 is 1.56 bits per heavy atom. The van der Waals surface area contributed by atoms with Gasteiger partial charge in [0, 0.05) is 0 Å². The highest BCUT2D eigenvalue weighted by molar-refractivity contribution is 7.07. The highest BCUT2D eigenvalue weighted by Crippen LogP contribution is 2.08. The SMILES string of the molecule is [CH]CCCc1ccsc1. The second-order valence-electron chi connectivity index (χ2n) is 2.02. The summed E-state index contributed by atoms with van der Waals surface area (Å²) in [6, 6.07) is 2.15. The summed E-state index contributed by atoms with van der Waals surface area (Å²) in [5, 5.41) is 4.28. The lowest BCUT2D eigenvalue weighted by Crippen LogP contribution is -1.77. The largest absolute Gasteiger partial charge is 0.152 e. The molecular weight excluding hydrogens is 128 g/mol. The van der Waals surface area contributed by atoms with Crippen LogP contribution < -0.4 is 0 Å². The molecule has 0 amide bonds. The van der Waals surface area contributed by atoms with E-state index in [1.807, 2.05) is 0 Å². The number of aryl methyl sites for hydroxylation is 1. The molecule has 48 valence electrons. The molecule has 0 unspecified atom stereocenters. The van der Waals surface area contributed by atoms with E-state index in [4.69, 9.17) is 6.92 Å². The zero-order chi connectivity index (χ0) is 6.53. The fourth-order valence-corrected chi connectivity index (χ4v) is 1.44. The maximum Gasteiger partial charge on any atom is -0.00613 e. The van der Waals surface area contributed by atoms with Gasteiger partial charge in [-0.1, -0.05) is 0 Å². The van der Waals surface area contributed by atoms with Crippen molar-refractivity contribution in [2.24, 2.45) is 0 Å². The number of thiophene rings is 1. The Morgan fingerprint density at radius 3 is 3.00 bits per heavy atom. The lowest BCUT2D eigenvalue weighted by molar-refractivity contribution is 0.844. The van der Waals surface area contributed by atoms with Gasteiger partial charge in [-0.05, 0) is 48.6 Å². The van der Waals surface area contributed by atoms with Crippen LogP contribution in [0.15, 0.2) is 16.8 Å². The minimum Gasteiger partial charge on any atom is -0.152 e. The maximum absolute atomic E-state index is 5.35. The van der Waals surface area contributed by atoms with Gasteiger partial charge in [-0.3, -0.25) is 0 Å².